The van der Waals surface area contributed by atoms with Gasteiger partial charge in [-0.2, -0.15) is 0 Å². The predicted molar refractivity (Wildman–Crippen MR) is 113 cm³/mol. The van der Waals surface area contributed by atoms with E-state index in [1.54, 1.807) is 24.3 Å². The summed E-state index contributed by atoms with van der Waals surface area (Å²) in [5, 5.41) is 6.58. The highest BCUT2D eigenvalue weighted by Crippen LogP contribution is 2.38. The molecule has 28 heavy (non-hydrogen) atoms. The first-order valence-electron chi connectivity index (χ1n) is 8.61. The second-order valence-corrected chi connectivity index (χ2v) is 8.11. The zero-order valence-corrected chi connectivity index (χ0v) is 17.3. The van der Waals surface area contributed by atoms with E-state index < -0.39 is 11.9 Å². The number of nitrogens with two attached hydrogens (primary N) is 1. The second kappa shape index (κ2) is 8.67. The van der Waals surface area contributed by atoms with Gasteiger partial charge in [-0.25, -0.2) is 4.79 Å². The third-order valence-corrected chi connectivity index (χ3v) is 6.18. The molecule has 3 amide bonds. The van der Waals surface area contributed by atoms with Crippen LogP contribution in [0.25, 0.3) is 0 Å². The van der Waals surface area contributed by atoms with E-state index in [0.29, 0.717) is 27.3 Å². The van der Waals surface area contributed by atoms with Gasteiger partial charge in [0, 0.05) is 28.7 Å². The lowest BCUT2D eigenvalue weighted by molar-refractivity contribution is -0.0691. The Hall–Kier alpha value is -1.84. The van der Waals surface area contributed by atoms with Crippen molar-refractivity contribution in [2.45, 2.75) is 19.0 Å². The molecular weight excluding hydrogens is 423 g/mol. The Morgan fingerprint density at radius 2 is 1.93 bits per heavy atom. The van der Waals surface area contributed by atoms with Crippen molar-refractivity contribution in [3.63, 3.8) is 0 Å². The normalized spacial score (nSPS) is 16.5. The Bertz CT molecular complexity index is 884. The lowest BCUT2D eigenvalue weighted by Crippen LogP contribution is -2.50. The summed E-state index contributed by atoms with van der Waals surface area (Å²) in [7, 11) is 0. The third-order valence-electron chi connectivity index (χ3n) is 4.80. The molecule has 4 rings (SSSR count). The van der Waals surface area contributed by atoms with Crippen molar-refractivity contribution in [2.24, 2.45) is 5.73 Å². The number of amides is 3. The molecule has 2 aliphatic rings. The minimum absolute atomic E-state index is 0. The molecule has 2 aromatic rings. The first-order chi connectivity index (χ1) is 13.0. The van der Waals surface area contributed by atoms with Crippen molar-refractivity contribution in [1.29, 1.82) is 0 Å². The van der Waals surface area contributed by atoms with Crippen LogP contribution in [0.15, 0.2) is 24.3 Å². The maximum atomic E-state index is 12.4. The van der Waals surface area contributed by atoms with Crippen molar-refractivity contribution in [3.8, 4) is 0 Å². The Labute approximate surface area is 177 Å². The third kappa shape index (κ3) is 4.26. The van der Waals surface area contributed by atoms with Crippen molar-refractivity contribution in [3.05, 3.63) is 45.3 Å². The topological polar surface area (TPSA) is 96.7 Å². The summed E-state index contributed by atoms with van der Waals surface area (Å²) in [5.41, 5.74) is 7.59. The van der Waals surface area contributed by atoms with E-state index in [0.717, 1.165) is 43.2 Å². The SMILES string of the molecule is Cl.NC(=O)c1c(NC(=O)Nc2ccc(Cl)cc2)sc2c1CCN(C1COC1)C2. The molecule has 0 saturated carbocycles. The minimum Gasteiger partial charge on any atom is -0.378 e. The molecule has 0 bridgehead atoms. The standard InChI is InChI=1S/C18H19ClN4O3S.ClH/c19-10-1-3-11(4-2-10)21-18(25)22-17-15(16(20)24)13-5-6-23(7-14(13)27-17)12-8-26-9-12;/h1-4,12H,5-9H2,(H2,20,24)(H2,21,22,25);1H. The highest BCUT2D eigenvalue weighted by molar-refractivity contribution is 7.17. The number of nitrogens with zero attached hydrogens (tertiary/aromatic N) is 1. The van der Waals surface area contributed by atoms with Gasteiger partial charge in [-0.1, -0.05) is 11.6 Å². The molecule has 0 unspecified atom stereocenters. The molecule has 0 aliphatic carbocycles. The monoisotopic (exact) mass is 442 g/mol. The lowest BCUT2D eigenvalue weighted by atomic mass is 10.0. The number of primary amides is 1. The van der Waals surface area contributed by atoms with E-state index in [-0.39, 0.29) is 12.4 Å². The number of fused-ring (bicyclic) bond motifs is 1. The number of benzene rings is 1. The zero-order valence-electron chi connectivity index (χ0n) is 14.9. The Kier molecular flexibility index (Phi) is 6.47. The lowest BCUT2D eigenvalue weighted by Gasteiger charge is -2.39. The van der Waals surface area contributed by atoms with Gasteiger partial charge in [-0.3, -0.25) is 15.0 Å². The number of ether oxygens (including phenoxy) is 1. The Morgan fingerprint density at radius 3 is 2.54 bits per heavy atom. The molecule has 3 heterocycles. The van der Waals surface area contributed by atoms with Crippen LogP contribution >= 0.6 is 35.3 Å². The van der Waals surface area contributed by atoms with Crippen LogP contribution in [0.5, 0.6) is 0 Å². The largest absolute Gasteiger partial charge is 0.378 e. The highest BCUT2D eigenvalue weighted by atomic mass is 35.5. The first kappa shape index (κ1) is 20.9. The smallest absolute Gasteiger partial charge is 0.324 e. The van der Waals surface area contributed by atoms with Gasteiger partial charge in [0.25, 0.3) is 5.91 Å². The number of carbonyl (C=O) groups is 2. The van der Waals surface area contributed by atoms with Crippen LogP contribution in [0.1, 0.15) is 20.8 Å². The van der Waals surface area contributed by atoms with Crippen LogP contribution in [-0.2, 0) is 17.7 Å². The molecule has 1 aromatic heterocycles. The van der Waals surface area contributed by atoms with Gasteiger partial charge in [0.1, 0.15) is 5.00 Å². The summed E-state index contributed by atoms with van der Waals surface area (Å²) in [4.78, 5) is 27.8. The second-order valence-electron chi connectivity index (χ2n) is 6.57. The summed E-state index contributed by atoms with van der Waals surface area (Å²) in [6.45, 7) is 3.10. The van der Waals surface area contributed by atoms with Gasteiger partial charge in [-0.15, -0.1) is 23.7 Å². The maximum Gasteiger partial charge on any atom is 0.324 e. The fourth-order valence-electron chi connectivity index (χ4n) is 3.32. The van der Waals surface area contributed by atoms with Crippen LogP contribution in [0, 0.1) is 0 Å². The van der Waals surface area contributed by atoms with E-state index in [9.17, 15) is 9.59 Å². The van der Waals surface area contributed by atoms with Crippen LogP contribution in [0.3, 0.4) is 0 Å². The number of halogens is 2. The van der Waals surface area contributed by atoms with Gasteiger partial charge < -0.3 is 15.8 Å². The number of anilines is 2. The fraction of sp³-hybridized carbons (Fsp3) is 0.333. The quantitative estimate of drug-likeness (QED) is 0.676. The highest BCUT2D eigenvalue weighted by Gasteiger charge is 2.33. The fourth-order valence-corrected chi connectivity index (χ4v) is 4.72. The number of hydrogen-bond acceptors (Lipinski definition) is 5. The number of nitrogens with one attached hydrogen (secondary N) is 2. The van der Waals surface area contributed by atoms with Crippen molar-refractivity contribution >= 4 is 58.0 Å². The molecule has 7 nitrogen and oxygen atoms in total. The van der Waals surface area contributed by atoms with Crippen LogP contribution < -0.4 is 16.4 Å². The summed E-state index contributed by atoms with van der Waals surface area (Å²) >= 11 is 7.26. The molecule has 0 radical (unpaired) electrons. The Morgan fingerprint density at radius 1 is 1.21 bits per heavy atom. The summed E-state index contributed by atoms with van der Waals surface area (Å²) in [5.74, 6) is -0.519. The van der Waals surface area contributed by atoms with Gasteiger partial charge in [0.05, 0.1) is 24.8 Å². The molecule has 0 atom stereocenters. The number of urea groups is 1. The molecular formula is C18H20Cl2N4O3S. The van der Waals surface area contributed by atoms with Crippen molar-refractivity contribution in [1.82, 2.24) is 4.90 Å². The molecule has 0 spiro atoms. The molecule has 2 aliphatic heterocycles. The van der Waals surface area contributed by atoms with Crippen LogP contribution in [0.4, 0.5) is 15.5 Å². The zero-order chi connectivity index (χ0) is 19.0. The Balaban J connectivity index is 0.00000225. The molecule has 150 valence electrons. The van der Waals surface area contributed by atoms with E-state index in [2.05, 4.69) is 15.5 Å². The van der Waals surface area contributed by atoms with Crippen LogP contribution in [0.2, 0.25) is 5.02 Å². The molecule has 1 saturated heterocycles. The van der Waals surface area contributed by atoms with Gasteiger partial charge in [0.2, 0.25) is 0 Å². The van der Waals surface area contributed by atoms with Crippen molar-refractivity contribution in [2.75, 3.05) is 30.4 Å². The first-order valence-corrected chi connectivity index (χ1v) is 9.80. The minimum atomic E-state index is -0.519. The summed E-state index contributed by atoms with van der Waals surface area (Å²) in [6, 6.07) is 6.79. The van der Waals surface area contributed by atoms with Crippen molar-refractivity contribution < 1.29 is 14.3 Å². The maximum absolute atomic E-state index is 12.4. The number of carbonyl (C=O) groups excluding carboxylic acids is 2. The molecule has 10 heteroatoms. The molecule has 1 fully saturated rings. The molecule has 1 aromatic carbocycles. The number of rotatable bonds is 4. The predicted octanol–water partition coefficient (Wildman–Crippen LogP) is 3.32. The van der Waals surface area contributed by atoms with E-state index >= 15 is 0 Å². The van der Waals surface area contributed by atoms with E-state index in [4.69, 9.17) is 22.1 Å². The number of hydrogen-bond donors (Lipinski definition) is 3. The van der Waals surface area contributed by atoms with Gasteiger partial charge in [-0.05, 0) is 36.2 Å². The average Bonchev–Trinajstić information content (AvgIpc) is 2.92. The van der Waals surface area contributed by atoms with E-state index in [1.165, 1.54) is 11.3 Å². The average molecular weight is 443 g/mol. The van der Waals surface area contributed by atoms with Crippen LogP contribution in [-0.4, -0.2) is 42.6 Å². The van der Waals surface area contributed by atoms with E-state index in [1.807, 2.05) is 0 Å². The number of thiophene rings is 1. The summed E-state index contributed by atoms with van der Waals surface area (Å²) < 4.78 is 5.27. The summed E-state index contributed by atoms with van der Waals surface area (Å²) in [6.07, 6.45) is 0.737. The van der Waals surface area contributed by atoms with Gasteiger partial charge >= 0.3 is 6.03 Å². The van der Waals surface area contributed by atoms with Gasteiger partial charge in [0.15, 0.2) is 0 Å². The molecule has 4 N–H and O–H groups in total.